The summed E-state index contributed by atoms with van der Waals surface area (Å²) in [4.78, 5) is 24.1. The van der Waals surface area contributed by atoms with E-state index in [2.05, 4.69) is 5.32 Å². The number of halogens is 3. The van der Waals surface area contributed by atoms with Gasteiger partial charge in [0.15, 0.2) is 6.61 Å². The van der Waals surface area contributed by atoms with E-state index in [0.29, 0.717) is 10.7 Å². The number of anilines is 1. The maximum atomic E-state index is 12.1. The van der Waals surface area contributed by atoms with Gasteiger partial charge in [-0.3, -0.25) is 9.59 Å². The Morgan fingerprint density at radius 1 is 0.893 bits per heavy atom. The summed E-state index contributed by atoms with van der Waals surface area (Å²) in [6.45, 7) is -0.244. The molecule has 0 heterocycles. The van der Waals surface area contributed by atoms with Gasteiger partial charge in [-0.1, -0.05) is 76.9 Å². The van der Waals surface area contributed by atoms with Gasteiger partial charge in [-0.05, 0) is 29.0 Å². The van der Waals surface area contributed by atoms with Crippen LogP contribution in [0.15, 0.2) is 54.6 Å². The number of carbonyl (C=O) groups excluding carboxylic acids is 2. The Hall–Kier alpha value is -1.92. The van der Waals surface area contributed by atoms with E-state index in [9.17, 15) is 9.59 Å². The van der Waals surface area contributed by atoms with Crippen LogP contribution in [0.2, 0.25) is 15.1 Å². The van der Waals surface area contributed by atoms with Gasteiger partial charge in [0, 0.05) is 11.8 Å². The summed E-state index contributed by atoms with van der Waals surface area (Å²) in [5, 5.41) is 5.40. The van der Waals surface area contributed by atoms with E-state index in [1.807, 2.05) is 42.5 Å². The van der Waals surface area contributed by atoms with Crippen LogP contribution in [0.5, 0.6) is 5.75 Å². The van der Waals surface area contributed by atoms with Crippen molar-refractivity contribution in [2.75, 3.05) is 17.7 Å². The Labute approximate surface area is 181 Å². The number of fused-ring (bicyclic) bond motifs is 1. The van der Waals surface area contributed by atoms with E-state index in [0.717, 1.165) is 22.5 Å². The molecule has 0 spiro atoms. The van der Waals surface area contributed by atoms with Gasteiger partial charge in [-0.2, -0.15) is 0 Å². The van der Waals surface area contributed by atoms with Crippen LogP contribution in [-0.2, 0) is 9.59 Å². The topological polar surface area (TPSA) is 55.4 Å². The monoisotopic (exact) mass is 453 g/mol. The third-order valence-electron chi connectivity index (χ3n) is 3.72. The number of nitrogens with one attached hydrogen (secondary N) is 1. The number of ether oxygens (including phenoxy) is 1. The van der Waals surface area contributed by atoms with Crippen LogP contribution in [-0.4, -0.2) is 23.4 Å². The van der Waals surface area contributed by atoms with E-state index >= 15 is 0 Å². The minimum Gasteiger partial charge on any atom is -0.483 e. The molecule has 0 aromatic heterocycles. The molecule has 0 aliphatic carbocycles. The average Bonchev–Trinajstić information content (AvgIpc) is 2.68. The fraction of sp³-hybridized carbons (Fsp3) is 0.100. The average molecular weight is 455 g/mol. The summed E-state index contributed by atoms with van der Waals surface area (Å²) < 4.78 is 5.36. The van der Waals surface area contributed by atoms with Crippen molar-refractivity contribution in [1.82, 2.24) is 0 Å². The number of amides is 1. The molecule has 0 saturated heterocycles. The molecule has 3 rings (SSSR count). The molecular weight excluding hydrogens is 441 g/mol. The molecule has 0 unspecified atom stereocenters. The fourth-order valence-electron chi connectivity index (χ4n) is 2.40. The number of carbonyl (C=O) groups is 2. The number of hydrogen-bond acceptors (Lipinski definition) is 4. The molecule has 0 aliphatic heterocycles. The quantitative estimate of drug-likeness (QED) is 0.459. The lowest BCUT2D eigenvalue weighted by molar-refractivity contribution is -0.115. The van der Waals surface area contributed by atoms with Gasteiger partial charge in [0.1, 0.15) is 5.75 Å². The van der Waals surface area contributed by atoms with Crippen molar-refractivity contribution in [1.29, 1.82) is 0 Å². The van der Waals surface area contributed by atoms with Crippen molar-refractivity contribution in [2.24, 2.45) is 0 Å². The molecule has 28 heavy (non-hydrogen) atoms. The van der Waals surface area contributed by atoms with Crippen LogP contribution in [0.1, 0.15) is 0 Å². The predicted molar refractivity (Wildman–Crippen MR) is 117 cm³/mol. The van der Waals surface area contributed by atoms with Gasteiger partial charge < -0.3 is 10.1 Å². The molecule has 0 atom stereocenters. The number of thioether (sulfide) groups is 1. The Balaban J connectivity index is 1.48. The van der Waals surface area contributed by atoms with Gasteiger partial charge in [-0.15, -0.1) is 0 Å². The van der Waals surface area contributed by atoms with Crippen LogP contribution in [0.4, 0.5) is 5.69 Å². The molecule has 3 aromatic carbocycles. The van der Waals surface area contributed by atoms with E-state index < -0.39 is 0 Å². The zero-order valence-electron chi connectivity index (χ0n) is 14.4. The highest BCUT2D eigenvalue weighted by molar-refractivity contribution is 8.14. The predicted octanol–water partition coefficient (Wildman–Crippen LogP) is 6.08. The summed E-state index contributed by atoms with van der Waals surface area (Å²) in [7, 11) is 0. The van der Waals surface area contributed by atoms with Crippen LogP contribution in [0.3, 0.4) is 0 Å². The largest absolute Gasteiger partial charge is 0.483 e. The molecule has 0 radical (unpaired) electrons. The zero-order chi connectivity index (χ0) is 20.1. The standard InChI is InChI=1S/C20H14Cl3NO3S/c21-15-8-17(23)18(9-16(15)22)27-10-20(26)28-11-19(25)24-14-6-5-12-3-1-2-4-13(12)7-14/h1-9H,10-11H2,(H,24,25). The minimum absolute atomic E-state index is 0.0237. The maximum absolute atomic E-state index is 12.1. The van der Waals surface area contributed by atoms with Crippen molar-refractivity contribution in [3.05, 3.63) is 69.7 Å². The highest BCUT2D eigenvalue weighted by Gasteiger charge is 2.12. The summed E-state index contributed by atoms with van der Waals surface area (Å²) in [5.41, 5.74) is 0.676. The molecule has 144 valence electrons. The van der Waals surface area contributed by atoms with Crippen LogP contribution in [0, 0.1) is 0 Å². The molecule has 0 saturated carbocycles. The molecular formula is C20H14Cl3NO3S. The maximum Gasteiger partial charge on any atom is 0.234 e. The summed E-state index contributed by atoms with van der Waals surface area (Å²) in [5.74, 6) is -0.0451. The minimum atomic E-state index is -0.309. The van der Waals surface area contributed by atoms with Crippen LogP contribution >= 0.6 is 46.6 Å². The smallest absolute Gasteiger partial charge is 0.234 e. The highest BCUT2D eigenvalue weighted by atomic mass is 35.5. The second-order valence-electron chi connectivity index (χ2n) is 5.76. The Morgan fingerprint density at radius 3 is 2.39 bits per heavy atom. The Bertz CT molecular complexity index is 1040. The van der Waals surface area contributed by atoms with Gasteiger partial charge in [-0.25, -0.2) is 0 Å². The third-order valence-corrected chi connectivity index (χ3v) is 5.58. The lowest BCUT2D eigenvalue weighted by Crippen LogP contribution is -2.17. The normalized spacial score (nSPS) is 10.7. The van der Waals surface area contributed by atoms with Crippen molar-refractivity contribution in [3.63, 3.8) is 0 Å². The molecule has 8 heteroatoms. The van der Waals surface area contributed by atoms with Gasteiger partial charge in [0.2, 0.25) is 11.0 Å². The van der Waals surface area contributed by atoms with Crippen molar-refractivity contribution in [2.45, 2.75) is 0 Å². The van der Waals surface area contributed by atoms with Crippen LogP contribution in [0.25, 0.3) is 10.8 Å². The lowest BCUT2D eigenvalue weighted by Gasteiger charge is -2.09. The summed E-state index contributed by atoms with van der Waals surface area (Å²) in [6.07, 6.45) is 0. The summed E-state index contributed by atoms with van der Waals surface area (Å²) >= 11 is 18.6. The van der Waals surface area contributed by atoms with Gasteiger partial charge in [0.05, 0.1) is 20.8 Å². The van der Waals surface area contributed by atoms with E-state index in [-0.39, 0.29) is 39.2 Å². The molecule has 0 aliphatic rings. The molecule has 0 bridgehead atoms. The van der Waals surface area contributed by atoms with E-state index in [4.69, 9.17) is 39.5 Å². The number of hydrogen-bond donors (Lipinski definition) is 1. The second kappa shape index (κ2) is 9.52. The summed E-state index contributed by atoms with van der Waals surface area (Å²) in [6, 6.07) is 16.4. The molecule has 0 fully saturated rings. The Morgan fingerprint density at radius 2 is 1.61 bits per heavy atom. The fourth-order valence-corrected chi connectivity index (χ4v) is 3.50. The van der Waals surface area contributed by atoms with Crippen molar-refractivity contribution < 1.29 is 14.3 Å². The second-order valence-corrected chi connectivity index (χ2v) is 8.01. The van der Waals surface area contributed by atoms with Crippen molar-refractivity contribution >= 4 is 74.0 Å². The first-order chi connectivity index (χ1) is 13.4. The SMILES string of the molecule is O=C(CSC(=O)COc1cc(Cl)c(Cl)cc1Cl)Nc1ccc2ccccc2c1. The van der Waals surface area contributed by atoms with Crippen molar-refractivity contribution in [3.8, 4) is 5.75 Å². The number of rotatable bonds is 6. The highest BCUT2D eigenvalue weighted by Crippen LogP contribution is 2.33. The first-order valence-corrected chi connectivity index (χ1v) is 10.3. The Kier molecular flexibility index (Phi) is 7.08. The first kappa shape index (κ1) is 20.8. The molecule has 4 nitrogen and oxygen atoms in total. The zero-order valence-corrected chi connectivity index (χ0v) is 17.5. The molecule has 3 aromatic rings. The van der Waals surface area contributed by atoms with Gasteiger partial charge >= 0.3 is 0 Å². The van der Waals surface area contributed by atoms with E-state index in [1.165, 1.54) is 12.1 Å². The molecule has 1 N–H and O–H groups in total. The van der Waals surface area contributed by atoms with Gasteiger partial charge in [0.25, 0.3) is 0 Å². The molecule has 1 amide bonds. The van der Waals surface area contributed by atoms with E-state index in [1.54, 1.807) is 0 Å². The lowest BCUT2D eigenvalue weighted by atomic mass is 10.1. The first-order valence-electron chi connectivity index (χ1n) is 8.14. The third kappa shape index (κ3) is 5.55. The number of benzene rings is 3. The van der Waals surface area contributed by atoms with Crippen LogP contribution < -0.4 is 10.1 Å².